The topological polar surface area (TPSA) is 42.4 Å². The number of aromatic nitrogens is 1. The highest BCUT2D eigenvalue weighted by atomic mass is 16.5. The zero-order valence-electron chi connectivity index (χ0n) is 14.1. The zero-order valence-corrected chi connectivity index (χ0v) is 14.1. The van der Waals surface area contributed by atoms with Crippen molar-refractivity contribution in [2.45, 2.75) is 47.1 Å². The van der Waals surface area contributed by atoms with Crippen molar-refractivity contribution in [3.05, 3.63) is 53.3 Å². The molecule has 0 spiro atoms. The highest BCUT2D eigenvalue weighted by Crippen LogP contribution is 2.33. The highest BCUT2D eigenvalue weighted by Gasteiger charge is 2.29. The molecule has 0 radical (unpaired) electrons. The summed E-state index contributed by atoms with van der Waals surface area (Å²) in [6, 6.07) is 9.46. The molecule has 1 atom stereocenters. The lowest BCUT2D eigenvalue weighted by atomic mass is 9.82. The van der Waals surface area contributed by atoms with E-state index in [1.807, 2.05) is 38.2 Å². The third-order valence-corrected chi connectivity index (χ3v) is 4.20. The van der Waals surface area contributed by atoms with E-state index in [0.29, 0.717) is 0 Å². The van der Waals surface area contributed by atoms with E-state index in [2.05, 4.69) is 25.8 Å². The number of hydrogen-bond donors (Lipinski definition) is 1. The Hall–Kier alpha value is -2.03. The van der Waals surface area contributed by atoms with Crippen molar-refractivity contribution < 1.29 is 9.84 Å². The molecule has 0 saturated heterocycles. The van der Waals surface area contributed by atoms with Crippen LogP contribution in [0.4, 0.5) is 0 Å². The Morgan fingerprint density at radius 2 is 1.82 bits per heavy atom. The summed E-state index contributed by atoms with van der Waals surface area (Å²) < 4.78 is 6.23. The standard InChI is InChI=1S/C19H25NO2/c1-13-10-17(21)11-14(2)18(13)22-15(3)19(4,5)12-16-8-6-7-9-20-16/h6-11,15,21H,12H2,1-5H3. The first kappa shape index (κ1) is 16.3. The van der Waals surface area contributed by atoms with Gasteiger partial charge < -0.3 is 9.84 Å². The number of phenolic OH excluding ortho intramolecular Hbond substituents is 1. The summed E-state index contributed by atoms with van der Waals surface area (Å²) in [5.41, 5.74) is 2.93. The zero-order chi connectivity index (χ0) is 16.3. The number of benzene rings is 1. The first-order valence-corrected chi connectivity index (χ1v) is 7.66. The van der Waals surface area contributed by atoms with E-state index in [4.69, 9.17) is 4.74 Å². The minimum Gasteiger partial charge on any atom is -0.508 e. The largest absolute Gasteiger partial charge is 0.508 e. The van der Waals surface area contributed by atoms with Gasteiger partial charge in [0.1, 0.15) is 17.6 Å². The molecule has 0 bridgehead atoms. The summed E-state index contributed by atoms with van der Waals surface area (Å²) in [5.74, 6) is 1.14. The molecular weight excluding hydrogens is 274 g/mol. The number of nitrogens with zero attached hydrogens (tertiary/aromatic N) is 1. The maximum absolute atomic E-state index is 9.64. The van der Waals surface area contributed by atoms with Gasteiger partial charge in [0.25, 0.3) is 0 Å². The van der Waals surface area contributed by atoms with Crippen molar-refractivity contribution in [1.82, 2.24) is 4.98 Å². The summed E-state index contributed by atoms with van der Waals surface area (Å²) in [7, 11) is 0. The fraction of sp³-hybridized carbons (Fsp3) is 0.421. The van der Waals surface area contributed by atoms with Crippen LogP contribution in [0.25, 0.3) is 0 Å². The predicted octanol–water partition coefficient (Wildman–Crippen LogP) is 4.44. The van der Waals surface area contributed by atoms with Crippen LogP contribution in [-0.4, -0.2) is 16.2 Å². The minimum atomic E-state index is -0.0505. The van der Waals surface area contributed by atoms with E-state index in [1.54, 1.807) is 12.1 Å². The van der Waals surface area contributed by atoms with E-state index >= 15 is 0 Å². The first-order chi connectivity index (χ1) is 10.3. The molecule has 0 saturated carbocycles. The number of aryl methyl sites for hydroxylation is 2. The van der Waals surface area contributed by atoms with Gasteiger partial charge in [0.15, 0.2) is 0 Å². The summed E-state index contributed by atoms with van der Waals surface area (Å²) in [4.78, 5) is 4.41. The van der Waals surface area contributed by atoms with E-state index < -0.39 is 0 Å². The minimum absolute atomic E-state index is 0.0245. The van der Waals surface area contributed by atoms with Gasteiger partial charge in [0.2, 0.25) is 0 Å². The lowest BCUT2D eigenvalue weighted by Crippen LogP contribution is -2.34. The molecule has 0 aliphatic carbocycles. The van der Waals surface area contributed by atoms with Crippen LogP contribution in [0.3, 0.4) is 0 Å². The monoisotopic (exact) mass is 299 g/mol. The highest BCUT2D eigenvalue weighted by molar-refractivity contribution is 5.45. The predicted molar refractivity (Wildman–Crippen MR) is 89.4 cm³/mol. The van der Waals surface area contributed by atoms with Crippen LogP contribution in [0, 0.1) is 19.3 Å². The Balaban J connectivity index is 2.16. The molecule has 1 unspecified atom stereocenters. The molecule has 0 amide bonds. The van der Waals surface area contributed by atoms with E-state index in [-0.39, 0.29) is 17.3 Å². The van der Waals surface area contributed by atoms with Crippen LogP contribution in [0.1, 0.15) is 37.6 Å². The smallest absolute Gasteiger partial charge is 0.125 e. The number of ether oxygens (including phenoxy) is 1. The van der Waals surface area contributed by atoms with Gasteiger partial charge in [0.05, 0.1) is 0 Å². The molecule has 1 aromatic heterocycles. The van der Waals surface area contributed by atoms with Gasteiger partial charge in [-0.05, 0) is 62.6 Å². The molecule has 1 N–H and O–H groups in total. The number of pyridine rings is 1. The van der Waals surface area contributed by atoms with Crippen LogP contribution >= 0.6 is 0 Å². The third kappa shape index (κ3) is 3.79. The van der Waals surface area contributed by atoms with Crippen molar-refractivity contribution in [3.8, 4) is 11.5 Å². The average Bonchev–Trinajstić information content (AvgIpc) is 2.43. The lowest BCUT2D eigenvalue weighted by Gasteiger charge is -2.33. The maximum Gasteiger partial charge on any atom is 0.125 e. The maximum atomic E-state index is 9.64. The van der Waals surface area contributed by atoms with Gasteiger partial charge in [-0.15, -0.1) is 0 Å². The molecule has 2 aromatic rings. The number of hydrogen-bond acceptors (Lipinski definition) is 3. The van der Waals surface area contributed by atoms with Gasteiger partial charge in [-0.25, -0.2) is 0 Å². The molecule has 3 heteroatoms. The molecule has 1 aromatic carbocycles. The van der Waals surface area contributed by atoms with Crippen LogP contribution in [0.5, 0.6) is 11.5 Å². The van der Waals surface area contributed by atoms with Gasteiger partial charge in [-0.3, -0.25) is 4.98 Å². The summed E-state index contributed by atoms with van der Waals surface area (Å²) in [6.45, 7) is 10.4. The Bertz CT molecular complexity index is 612. The fourth-order valence-electron chi connectivity index (χ4n) is 2.56. The Morgan fingerprint density at radius 3 is 2.36 bits per heavy atom. The van der Waals surface area contributed by atoms with Crippen LogP contribution in [0.2, 0.25) is 0 Å². The molecule has 0 fully saturated rings. The van der Waals surface area contributed by atoms with Crippen molar-refractivity contribution in [3.63, 3.8) is 0 Å². The Kier molecular flexibility index (Phi) is 4.74. The molecule has 118 valence electrons. The molecular formula is C19H25NO2. The van der Waals surface area contributed by atoms with Gasteiger partial charge in [0, 0.05) is 17.3 Å². The third-order valence-electron chi connectivity index (χ3n) is 4.20. The molecule has 0 aliphatic heterocycles. The van der Waals surface area contributed by atoms with Gasteiger partial charge in [-0.2, -0.15) is 0 Å². The van der Waals surface area contributed by atoms with Crippen molar-refractivity contribution >= 4 is 0 Å². The second-order valence-electron chi connectivity index (χ2n) is 6.66. The van der Waals surface area contributed by atoms with Crippen molar-refractivity contribution in [2.75, 3.05) is 0 Å². The molecule has 2 rings (SSSR count). The summed E-state index contributed by atoms with van der Waals surface area (Å²) >= 11 is 0. The molecule has 3 nitrogen and oxygen atoms in total. The van der Waals surface area contributed by atoms with Crippen molar-refractivity contribution in [1.29, 1.82) is 0 Å². The lowest BCUT2D eigenvalue weighted by molar-refractivity contribution is 0.0868. The normalized spacial score (nSPS) is 13.0. The number of phenols is 1. The van der Waals surface area contributed by atoms with Crippen LogP contribution < -0.4 is 4.74 Å². The molecule has 22 heavy (non-hydrogen) atoms. The first-order valence-electron chi connectivity index (χ1n) is 7.66. The Labute approximate surface area is 133 Å². The Morgan fingerprint density at radius 1 is 1.18 bits per heavy atom. The fourth-order valence-corrected chi connectivity index (χ4v) is 2.56. The van der Waals surface area contributed by atoms with E-state index in [0.717, 1.165) is 29.0 Å². The van der Waals surface area contributed by atoms with E-state index in [1.165, 1.54) is 0 Å². The molecule has 1 heterocycles. The number of aromatic hydroxyl groups is 1. The number of rotatable bonds is 5. The van der Waals surface area contributed by atoms with E-state index in [9.17, 15) is 5.11 Å². The van der Waals surface area contributed by atoms with Crippen LogP contribution in [-0.2, 0) is 6.42 Å². The average molecular weight is 299 g/mol. The second-order valence-corrected chi connectivity index (χ2v) is 6.66. The van der Waals surface area contributed by atoms with Gasteiger partial charge >= 0.3 is 0 Å². The molecule has 0 aliphatic rings. The summed E-state index contributed by atoms with van der Waals surface area (Å²) in [6.07, 6.45) is 2.70. The quantitative estimate of drug-likeness (QED) is 0.887. The second kappa shape index (κ2) is 6.39. The SMILES string of the molecule is Cc1cc(O)cc(C)c1OC(C)C(C)(C)Cc1ccccn1. The van der Waals surface area contributed by atoms with Crippen molar-refractivity contribution in [2.24, 2.45) is 5.41 Å². The van der Waals surface area contributed by atoms with Crippen LogP contribution in [0.15, 0.2) is 36.5 Å². The summed E-state index contributed by atoms with van der Waals surface area (Å²) in [5, 5.41) is 9.64. The van der Waals surface area contributed by atoms with Gasteiger partial charge in [-0.1, -0.05) is 19.9 Å².